The highest BCUT2D eigenvalue weighted by Gasteiger charge is 2.13. The summed E-state index contributed by atoms with van der Waals surface area (Å²) in [6.45, 7) is 0. The summed E-state index contributed by atoms with van der Waals surface area (Å²) in [6.07, 6.45) is 1.26. The summed E-state index contributed by atoms with van der Waals surface area (Å²) in [4.78, 5) is 17.8. The Morgan fingerprint density at radius 1 is 1.36 bits per heavy atom. The van der Waals surface area contributed by atoms with E-state index >= 15 is 0 Å². The summed E-state index contributed by atoms with van der Waals surface area (Å²) in [7, 11) is 0. The maximum absolute atomic E-state index is 10.5. The van der Waals surface area contributed by atoms with Crippen LogP contribution in [0.3, 0.4) is 0 Å². The maximum atomic E-state index is 10.5. The van der Waals surface area contributed by atoms with Crippen LogP contribution in [-0.2, 0) is 0 Å². The average molecular weight is 282 g/mol. The second-order valence-electron chi connectivity index (χ2n) is 1.64. The van der Waals surface area contributed by atoms with E-state index in [-0.39, 0.29) is 14.8 Å². The van der Waals surface area contributed by atoms with Gasteiger partial charge in [-0.1, -0.05) is 0 Å². The van der Waals surface area contributed by atoms with E-state index < -0.39 is 5.97 Å². The van der Waals surface area contributed by atoms with E-state index in [4.69, 9.17) is 5.11 Å². The van der Waals surface area contributed by atoms with E-state index in [2.05, 4.69) is 41.8 Å². The zero-order valence-electron chi connectivity index (χ0n) is 5.08. The Kier molecular flexibility index (Phi) is 2.56. The van der Waals surface area contributed by atoms with Gasteiger partial charge in [-0.3, -0.25) is 0 Å². The fourth-order valence-electron chi connectivity index (χ4n) is 0.521. The van der Waals surface area contributed by atoms with Gasteiger partial charge in [-0.2, -0.15) is 0 Å². The molecule has 0 bridgehead atoms. The van der Waals surface area contributed by atoms with Crippen LogP contribution >= 0.6 is 31.9 Å². The minimum absolute atomic E-state index is 0.0347. The zero-order valence-corrected chi connectivity index (χ0v) is 8.26. The molecule has 4 nitrogen and oxygen atoms in total. The summed E-state index contributed by atoms with van der Waals surface area (Å²) in [5.74, 6) is -1.07. The zero-order chi connectivity index (χ0) is 8.43. The largest absolute Gasteiger partial charge is 0.477 e. The van der Waals surface area contributed by atoms with Crippen LogP contribution in [0.2, 0.25) is 0 Å². The van der Waals surface area contributed by atoms with Gasteiger partial charge in [-0.05, 0) is 31.9 Å². The van der Waals surface area contributed by atoms with Crippen molar-refractivity contribution in [1.82, 2.24) is 9.97 Å². The van der Waals surface area contributed by atoms with Gasteiger partial charge in [0.2, 0.25) is 0 Å². The number of carboxylic acid groups (broad SMARTS) is 1. The highest BCUT2D eigenvalue weighted by molar-refractivity contribution is 9.11. The molecule has 1 aromatic heterocycles. The van der Waals surface area contributed by atoms with Crippen LogP contribution in [0.4, 0.5) is 0 Å². The van der Waals surface area contributed by atoms with E-state index in [1.165, 1.54) is 6.33 Å². The molecule has 0 atom stereocenters. The lowest BCUT2D eigenvalue weighted by Gasteiger charge is -1.97. The van der Waals surface area contributed by atoms with Crippen LogP contribution < -0.4 is 0 Å². The number of carboxylic acids is 1. The first-order valence-electron chi connectivity index (χ1n) is 2.52. The van der Waals surface area contributed by atoms with Gasteiger partial charge in [0.05, 0.1) is 0 Å². The lowest BCUT2D eigenvalue weighted by molar-refractivity contribution is 0.0693. The Bertz CT molecular complexity index is 282. The van der Waals surface area contributed by atoms with Crippen LogP contribution in [0, 0.1) is 0 Å². The molecule has 0 saturated carbocycles. The molecule has 0 unspecified atom stereocenters. The second-order valence-corrected chi connectivity index (χ2v) is 3.14. The molecule has 0 saturated heterocycles. The molecule has 11 heavy (non-hydrogen) atoms. The number of carbonyl (C=O) groups is 1. The molecule has 0 aliphatic carbocycles. The smallest absolute Gasteiger partial charge is 0.341 e. The Hall–Kier alpha value is -0.490. The number of aromatic nitrogens is 2. The van der Waals surface area contributed by atoms with E-state index in [1.807, 2.05) is 0 Å². The van der Waals surface area contributed by atoms with Crippen molar-refractivity contribution in [3.05, 3.63) is 21.1 Å². The van der Waals surface area contributed by atoms with Gasteiger partial charge >= 0.3 is 5.97 Å². The van der Waals surface area contributed by atoms with Gasteiger partial charge in [0, 0.05) is 0 Å². The molecule has 1 N–H and O–H groups in total. The molecular formula is C5H2Br2N2O2. The number of aromatic carboxylic acids is 1. The molecule has 6 heteroatoms. The fraction of sp³-hybridized carbons (Fsp3) is 0. The average Bonchev–Trinajstić information content (AvgIpc) is 1.85. The third kappa shape index (κ3) is 1.75. The number of rotatable bonds is 1. The number of nitrogens with zero attached hydrogens (tertiary/aromatic N) is 2. The highest BCUT2D eigenvalue weighted by Crippen LogP contribution is 2.19. The molecular weight excluding hydrogens is 280 g/mol. The quantitative estimate of drug-likeness (QED) is 0.796. The van der Waals surface area contributed by atoms with Gasteiger partial charge in [0.25, 0.3) is 0 Å². The van der Waals surface area contributed by atoms with E-state index in [0.717, 1.165) is 0 Å². The van der Waals surface area contributed by atoms with Crippen LogP contribution in [0.25, 0.3) is 0 Å². The van der Waals surface area contributed by atoms with Gasteiger partial charge < -0.3 is 5.11 Å². The first kappa shape index (κ1) is 8.61. The molecule has 58 valence electrons. The van der Waals surface area contributed by atoms with Gasteiger partial charge in [0.1, 0.15) is 21.1 Å². The molecule has 0 amide bonds. The van der Waals surface area contributed by atoms with Crippen molar-refractivity contribution < 1.29 is 9.90 Å². The third-order valence-corrected chi connectivity index (χ3v) is 2.17. The molecule has 0 spiro atoms. The van der Waals surface area contributed by atoms with Crippen molar-refractivity contribution in [2.45, 2.75) is 0 Å². The van der Waals surface area contributed by atoms with Crippen molar-refractivity contribution in [3.8, 4) is 0 Å². The lowest BCUT2D eigenvalue weighted by Crippen LogP contribution is -2.01. The summed E-state index contributed by atoms with van der Waals surface area (Å²) >= 11 is 5.97. The van der Waals surface area contributed by atoms with E-state index in [1.54, 1.807) is 0 Å². The summed E-state index contributed by atoms with van der Waals surface area (Å²) < 4.78 is 0.541. The fourth-order valence-corrected chi connectivity index (χ4v) is 1.68. The van der Waals surface area contributed by atoms with E-state index in [9.17, 15) is 4.79 Å². The molecule has 1 aromatic rings. The van der Waals surface area contributed by atoms with Gasteiger partial charge in [-0.15, -0.1) is 0 Å². The van der Waals surface area contributed by atoms with E-state index in [0.29, 0.717) is 0 Å². The molecule has 1 heterocycles. The predicted octanol–water partition coefficient (Wildman–Crippen LogP) is 1.70. The van der Waals surface area contributed by atoms with Crippen molar-refractivity contribution in [2.24, 2.45) is 0 Å². The Labute approximate surface area is 78.9 Å². The number of hydrogen-bond donors (Lipinski definition) is 1. The topological polar surface area (TPSA) is 63.1 Å². The Morgan fingerprint density at radius 2 is 1.82 bits per heavy atom. The standard InChI is InChI=1S/C5H2Br2N2O2/c6-3-2(5(10)11)4(7)9-1-8-3/h1H,(H,10,11). The molecule has 0 aliphatic heterocycles. The molecule has 0 radical (unpaired) electrons. The molecule has 0 aromatic carbocycles. The van der Waals surface area contributed by atoms with Crippen LogP contribution in [0.5, 0.6) is 0 Å². The molecule has 0 aliphatic rings. The summed E-state index contributed by atoms with van der Waals surface area (Å²) in [6, 6.07) is 0. The number of halogens is 2. The van der Waals surface area contributed by atoms with Crippen molar-refractivity contribution >= 4 is 37.8 Å². The van der Waals surface area contributed by atoms with Crippen molar-refractivity contribution in [3.63, 3.8) is 0 Å². The maximum Gasteiger partial charge on any atom is 0.341 e. The second kappa shape index (κ2) is 3.27. The highest BCUT2D eigenvalue weighted by atomic mass is 79.9. The summed E-state index contributed by atoms with van der Waals surface area (Å²) in [5, 5.41) is 8.61. The van der Waals surface area contributed by atoms with Crippen molar-refractivity contribution in [2.75, 3.05) is 0 Å². The van der Waals surface area contributed by atoms with Gasteiger partial charge in [-0.25, -0.2) is 14.8 Å². The van der Waals surface area contributed by atoms with Crippen LogP contribution in [0.1, 0.15) is 10.4 Å². The minimum atomic E-state index is -1.07. The summed E-state index contributed by atoms with van der Waals surface area (Å²) in [5.41, 5.74) is 0.0347. The van der Waals surface area contributed by atoms with Gasteiger partial charge in [0.15, 0.2) is 0 Å². The normalized spacial score (nSPS) is 9.64. The minimum Gasteiger partial charge on any atom is -0.477 e. The van der Waals surface area contributed by atoms with Crippen LogP contribution in [0.15, 0.2) is 15.5 Å². The SMILES string of the molecule is O=C(O)c1c(Br)ncnc1Br. The lowest BCUT2D eigenvalue weighted by atomic mass is 10.4. The third-order valence-electron chi connectivity index (χ3n) is 0.969. The van der Waals surface area contributed by atoms with Crippen LogP contribution in [-0.4, -0.2) is 21.0 Å². The Morgan fingerprint density at radius 3 is 2.09 bits per heavy atom. The molecule has 1 rings (SSSR count). The molecule has 0 fully saturated rings. The van der Waals surface area contributed by atoms with Crippen molar-refractivity contribution in [1.29, 1.82) is 0 Å². The first-order chi connectivity index (χ1) is 5.13. The monoisotopic (exact) mass is 280 g/mol. The Balaban J connectivity index is 3.32. The number of hydrogen-bond acceptors (Lipinski definition) is 3. The first-order valence-corrected chi connectivity index (χ1v) is 4.11. The predicted molar refractivity (Wildman–Crippen MR) is 44.4 cm³/mol.